The molecule has 2 rings (SSSR count). The molecule has 1 atom stereocenters. The highest BCUT2D eigenvalue weighted by Gasteiger charge is 2.26. The van der Waals surface area contributed by atoms with Crippen molar-refractivity contribution in [3.8, 4) is 5.75 Å². The first-order valence-corrected chi connectivity index (χ1v) is 13.7. The predicted octanol–water partition coefficient (Wildman–Crippen LogP) is 3.49. The monoisotopic (exact) mass is 523 g/mol. The number of amides is 2. The van der Waals surface area contributed by atoms with Gasteiger partial charge in [0.2, 0.25) is 21.8 Å². The normalized spacial score (nSPS) is 12.0. The highest BCUT2D eigenvalue weighted by Crippen LogP contribution is 2.30. The number of methoxy groups -OCH3 is 1. The van der Waals surface area contributed by atoms with Gasteiger partial charge < -0.3 is 15.0 Å². The summed E-state index contributed by atoms with van der Waals surface area (Å²) in [4.78, 5) is 27.2. The number of carbonyl (C=O) groups is 2. The molecule has 2 amide bonds. The van der Waals surface area contributed by atoms with Gasteiger partial charge in [-0.1, -0.05) is 41.9 Å². The molecule has 0 bridgehead atoms. The van der Waals surface area contributed by atoms with E-state index in [1.54, 1.807) is 24.0 Å². The lowest BCUT2D eigenvalue weighted by molar-refractivity contribution is -0.139. The molecule has 10 heteroatoms. The molecule has 2 aromatic carbocycles. The molecule has 0 aliphatic rings. The van der Waals surface area contributed by atoms with Crippen LogP contribution in [0.25, 0.3) is 0 Å². The Balaban J connectivity index is 2.12. The van der Waals surface area contributed by atoms with E-state index >= 15 is 0 Å². The summed E-state index contributed by atoms with van der Waals surface area (Å²) in [6.07, 6.45) is 2.08. The summed E-state index contributed by atoms with van der Waals surface area (Å²) in [5.41, 5.74) is 1.45. The molecule has 0 aliphatic heterocycles. The van der Waals surface area contributed by atoms with Crippen LogP contribution >= 0.6 is 11.6 Å². The molecule has 0 saturated carbocycles. The van der Waals surface area contributed by atoms with Crippen LogP contribution in [-0.4, -0.2) is 64.2 Å². The summed E-state index contributed by atoms with van der Waals surface area (Å²) in [6.45, 7) is 4.47. The molecule has 8 nitrogen and oxygen atoms in total. The quantitative estimate of drug-likeness (QED) is 0.433. The molecule has 1 N–H and O–H groups in total. The SMILES string of the molecule is CCNC(=O)[C@H](C)N(CCc1ccccc1)C(=O)CCCN(c1ccc(OC)c(Cl)c1)S(C)(=O)=O. The fraction of sp³-hybridized carbons (Fsp3) is 0.440. The number of carbonyl (C=O) groups excluding carboxylic acids is 2. The van der Waals surface area contributed by atoms with Crippen molar-refractivity contribution in [1.82, 2.24) is 10.2 Å². The minimum absolute atomic E-state index is 0.0917. The van der Waals surface area contributed by atoms with Gasteiger partial charge in [0.15, 0.2) is 0 Å². The molecule has 0 radical (unpaired) electrons. The second-order valence-corrected chi connectivity index (χ2v) is 10.5. The van der Waals surface area contributed by atoms with Crippen molar-refractivity contribution >= 4 is 39.1 Å². The summed E-state index contributed by atoms with van der Waals surface area (Å²) in [5, 5.41) is 3.06. The Hall–Kier alpha value is -2.78. The van der Waals surface area contributed by atoms with Gasteiger partial charge in [-0.15, -0.1) is 0 Å². The minimum Gasteiger partial charge on any atom is -0.495 e. The highest BCUT2D eigenvalue weighted by atomic mass is 35.5. The average Bonchev–Trinajstić information content (AvgIpc) is 2.81. The lowest BCUT2D eigenvalue weighted by Gasteiger charge is -2.29. The van der Waals surface area contributed by atoms with Gasteiger partial charge in [0.25, 0.3) is 0 Å². The van der Waals surface area contributed by atoms with Crippen LogP contribution in [0, 0.1) is 0 Å². The van der Waals surface area contributed by atoms with Gasteiger partial charge in [0.05, 0.1) is 24.1 Å². The zero-order valence-electron chi connectivity index (χ0n) is 20.7. The standard InChI is InChI=1S/C25H34ClN3O5S/c1-5-27-25(31)19(2)28(17-15-20-10-7-6-8-11-20)24(30)12-9-16-29(35(4,32)33)21-13-14-23(34-3)22(26)18-21/h6-8,10-11,13-14,18-19H,5,9,12,15-17H2,1-4H3,(H,27,31)/t19-/m0/s1. The van der Waals surface area contributed by atoms with Crippen LogP contribution in [0.15, 0.2) is 48.5 Å². The molecule has 2 aromatic rings. The summed E-state index contributed by atoms with van der Waals surface area (Å²) in [7, 11) is -2.13. The molecule has 192 valence electrons. The maximum atomic E-state index is 13.2. The molecule has 0 saturated heterocycles. The van der Waals surface area contributed by atoms with E-state index in [1.807, 2.05) is 37.3 Å². The Morgan fingerprint density at radius 1 is 1.11 bits per heavy atom. The molecule has 0 unspecified atom stereocenters. The summed E-state index contributed by atoms with van der Waals surface area (Å²) in [6, 6.07) is 13.8. The topological polar surface area (TPSA) is 96.0 Å². The Labute approximate surface area is 213 Å². The van der Waals surface area contributed by atoms with Crippen molar-refractivity contribution in [2.45, 2.75) is 39.2 Å². The van der Waals surface area contributed by atoms with E-state index in [2.05, 4.69) is 5.32 Å². The van der Waals surface area contributed by atoms with Crippen LogP contribution in [0.5, 0.6) is 5.75 Å². The van der Waals surface area contributed by atoms with Crippen LogP contribution in [0.3, 0.4) is 0 Å². The number of hydrogen-bond acceptors (Lipinski definition) is 5. The van der Waals surface area contributed by atoms with Crippen LogP contribution in [0.4, 0.5) is 5.69 Å². The maximum absolute atomic E-state index is 13.2. The van der Waals surface area contributed by atoms with Gasteiger partial charge in [-0.2, -0.15) is 0 Å². The van der Waals surface area contributed by atoms with Crippen molar-refractivity contribution < 1.29 is 22.7 Å². The lowest BCUT2D eigenvalue weighted by atomic mass is 10.1. The second kappa shape index (κ2) is 13.3. The molecule has 0 fully saturated rings. The molecular formula is C25H34ClN3O5S. The third-order valence-corrected chi connectivity index (χ3v) is 7.07. The van der Waals surface area contributed by atoms with Crippen molar-refractivity contribution in [2.24, 2.45) is 0 Å². The Morgan fingerprint density at radius 2 is 1.80 bits per heavy atom. The number of ether oxygens (including phenoxy) is 1. The van der Waals surface area contributed by atoms with E-state index in [0.717, 1.165) is 11.8 Å². The molecule has 0 aliphatic carbocycles. The van der Waals surface area contributed by atoms with Crippen molar-refractivity contribution in [2.75, 3.05) is 37.3 Å². The average molecular weight is 524 g/mol. The molecular weight excluding hydrogens is 490 g/mol. The number of halogens is 1. The van der Waals surface area contributed by atoms with E-state index < -0.39 is 16.1 Å². The van der Waals surface area contributed by atoms with Gasteiger partial charge in [-0.25, -0.2) is 8.42 Å². The number of hydrogen-bond donors (Lipinski definition) is 1. The first kappa shape index (κ1) is 28.5. The largest absolute Gasteiger partial charge is 0.495 e. The summed E-state index contributed by atoms with van der Waals surface area (Å²) in [5.74, 6) is 0.00731. The molecule has 0 spiro atoms. The number of rotatable bonds is 13. The number of nitrogens with one attached hydrogen (secondary N) is 1. The van der Waals surface area contributed by atoms with Crippen LogP contribution in [0.1, 0.15) is 32.3 Å². The zero-order chi connectivity index (χ0) is 26.0. The van der Waals surface area contributed by atoms with Crippen molar-refractivity contribution in [1.29, 1.82) is 0 Å². The smallest absolute Gasteiger partial charge is 0.242 e. The van der Waals surface area contributed by atoms with E-state index in [1.165, 1.54) is 17.5 Å². The summed E-state index contributed by atoms with van der Waals surface area (Å²) >= 11 is 6.18. The van der Waals surface area contributed by atoms with Gasteiger partial charge in [0.1, 0.15) is 11.8 Å². The predicted molar refractivity (Wildman–Crippen MR) is 139 cm³/mol. The van der Waals surface area contributed by atoms with E-state index in [4.69, 9.17) is 16.3 Å². The van der Waals surface area contributed by atoms with Crippen LogP contribution in [-0.2, 0) is 26.0 Å². The van der Waals surface area contributed by atoms with E-state index in [9.17, 15) is 18.0 Å². The highest BCUT2D eigenvalue weighted by molar-refractivity contribution is 7.92. The molecule has 35 heavy (non-hydrogen) atoms. The number of benzene rings is 2. The Kier molecular flexibility index (Phi) is 10.9. The first-order valence-electron chi connectivity index (χ1n) is 11.5. The van der Waals surface area contributed by atoms with Crippen LogP contribution < -0.4 is 14.4 Å². The van der Waals surface area contributed by atoms with Crippen LogP contribution in [0.2, 0.25) is 5.02 Å². The van der Waals surface area contributed by atoms with E-state index in [0.29, 0.717) is 30.9 Å². The zero-order valence-corrected chi connectivity index (χ0v) is 22.2. The Bertz CT molecular complexity index is 1100. The number of nitrogens with zero attached hydrogens (tertiary/aromatic N) is 2. The molecule has 0 heterocycles. The number of anilines is 1. The fourth-order valence-corrected chi connectivity index (χ4v) is 4.92. The third kappa shape index (κ3) is 8.43. The van der Waals surface area contributed by atoms with Gasteiger partial charge in [-0.05, 0) is 50.5 Å². The van der Waals surface area contributed by atoms with E-state index in [-0.39, 0.29) is 36.2 Å². The first-order chi connectivity index (χ1) is 16.6. The second-order valence-electron chi connectivity index (χ2n) is 8.15. The number of likely N-dealkylation sites (N-methyl/N-ethyl adjacent to an activating group) is 1. The van der Waals surface area contributed by atoms with Crippen molar-refractivity contribution in [3.63, 3.8) is 0 Å². The van der Waals surface area contributed by atoms with Gasteiger partial charge in [-0.3, -0.25) is 13.9 Å². The molecule has 0 aromatic heterocycles. The number of sulfonamides is 1. The lowest BCUT2D eigenvalue weighted by Crippen LogP contribution is -2.48. The van der Waals surface area contributed by atoms with Gasteiger partial charge >= 0.3 is 0 Å². The third-order valence-electron chi connectivity index (χ3n) is 5.58. The van der Waals surface area contributed by atoms with Crippen molar-refractivity contribution in [3.05, 3.63) is 59.1 Å². The maximum Gasteiger partial charge on any atom is 0.242 e. The Morgan fingerprint density at radius 3 is 2.37 bits per heavy atom. The minimum atomic E-state index is -3.61. The van der Waals surface area contributed by atoms with Gasteiger partial charge in [0, 0.05) is 26.1 Å². The fourth-order valence-electron chi connectivity index (χ4n) is 3.71. The summed E-state index contributed by atoms with van der Waals surface area (Å²) < 4.78 is 31.2.